The van der Waals surface area contributed by atoms with Crippen LogP contribution in [-0.2, 0) is 0 Å². The number of hydrogen-bond acceptors (Lipinski definition) is 2. The fourth-order valence-corrected chi connectivity index (χ4v) is 1.35. The predicted molar refractivity (Wildman–Crippen MR) is 52.2 cm³/mol. The Kier molecular flexibility index (Phi) is 3.23. The van der Waals surface area contributed by atoms with Gasteiger partial charge in [0, 0.05) is 31.1 Å². The summed E-state index contributed by atoms with van der Waals surface area (Å²) in [5, 5.41) is 0. The van der Waals surface area contributed by atoms with Gasteiger partial charge < -0.3 is 0 Å². The van der Waals surface area contributed by atoms with E-state index in [1.165, 1.54) is 5.56 Å². The quantitative estimate of drug-likeness (QED) is 0.653. The minimum atomic E-state index is 0. The molecule has 0 spiro atoms. The van der Waals surface area contributed by atoms with Crippen molar-refractivity contribution in [2.75, 3.05) is 6.54 Å². The lowest BCUT2D eigenvalue weighted by Crippen LogP contribution is -1.95. The molecule has 0 aliphatic carbocycles. The molecule has 0 amide bonds. The van der Waals surface area contributed by atoms with Crippen LogP contribution in [0.15, 0.2) is 29.5 Å². The molecule has 2 heterocycles. The molecular formula is C9H11ClN2. The lowest BCUT2D eigenvalue weighted by atomic mass is 10.0. The highest BCUT2D eigenvalue weighted by molar-refractivity contribution is 5.85. The van der Waals surface area contributed by atoms with Crippen LogP contribution in [0.4, 0.5) is 0 Å². The van der Waals surface area contributed by atoms with E-state index in [9.17, 15) is 0 Å². The summed E-state index contributed by atoms with van der Waals surface area (Å²) in [6, 6.07) is 4.12. The van der Waals surface area contributed by atoms with Gasteiger partial charge in [0.1, 0.15) is 0 Å². The average molecular weight is 183 g/mol. The van der Waals surface area contributed by atoms with Gasteiger partial charge in [0.05, 0.1) is 0 Å². The highest BCUT2D eigenvalue weighted by Crippen LogP contribution is 2.20. The number of aromatic nitrogens is 1. The Bertz CT molecular complexity index is 258. The Morgan fingerprint density at radius 2 is 2.00 bits per heavy atom. The van der Waals surface area contributed by atoms with E-state index in [4.69, 9.17) is 0 Å². The molecule has 3 heteroatoms. The first-order valence-electron chi connectivity index (χ1n) is 3.87. The number of halogens is 1. The van der Waals surface area contributed by atoms with Crippen LogP contribution in [0.2, 0.25) is 0 Å². The van der Waals surface area contributed by atoms with Crippen molar-refractivity contribution in [2.45, 2.75) is 12.3 Å². The van der Waals surface area contributed by atoms with Crippen molar-refractivity contribution in [3.05, 3.63) is 30.1 Å². The number of hydrogen-bond donors (Lipinski definition) is 0. The third-order valence-corrected chi connectivity index (χ3v) is 1.99. The Balaban J connectivity index is 0.000000720. The molecule has 0 saturated heterocycles. The van der Waals surface area contributed by atoms with E-state index in [-0.39, 0.29) is 12.4 Å². The van der Waals surface area contributed by atoms with Crippen molar-refractivity contribution in [1.29, 1.82) is 0 Å². The Morgan fingerprint density at radius 1 is 1.25 bits per heavy atom. The summed E-state index contributed by atoms with van der Waals surface area (Å²) in [6.45, 7) is 0.979. The minimum absolute atomic E-state index is 0. The van der Waals surface area contributed by atoms with E-state index >= 15 is 0 Å². The summed E-state index contributed by atoms with van der Waals surface area (Å²) in [5.41, 5.74) is 1.33. The zero-order valence-corrected chi connectivity index (χ0v) is 7.50. The van der Waals surface area contributed by atoms with Crippen LogP contribution < -0.4 is 0 Å². The van der Waals surface area contributed by atoms with Crippen molar-refractivity contribution in [3.63, 3.8) is 0 Å². The Hall–Kier alpha value is -0.890. The molecule has 0 fully saturated rings. The molecule has 0 saturated carbocycles. The largest absolute Gasteiger partial charge is 0.297 e. The number of nitrogens with zero attached hydrogens (tertiary/aromatic N) is 2. The number of pyridine rings is 1. The summed E-state index contributed by atoms with van der Waals surface area (Å²) in [7, 11) is 0. The summed E-state index contributed by atoms with van der Waals surface area (Å²) in [5.74, 6) is 0.540. The van der Waals surface area contributed by atoms with Crippen molar-refractivity contribution >= 4 is 18.6 Å². The standard InChI is InChI=1S/C9H10N2.ClH/c1-4-10-5-2-8(1)9-3-6-11-7-9;/h1-2,4-5,7,9H,3,6H2;1H. The zero-order valence-electron chi connectivity index (χ0n) is 6.68. The number of aliphatic imine (C=N–C) groups is 1. The lowest BCUT2D eigenvalue weighted by molar-refractivity contribution is 0.845. The fraction of sp³-hybridized carbons (Fsp3) is 0.333. The van der Waals surface area contributed by atoms with Crippen molar-refractivity contribution in [1.82, 2.24) is 4.98 Å². The predicted octanol–water partition coefficient (Wildman–Crippen LogP) is 2.06. The van der Waals surface area contributed by atoms with Crippen LogP contribution in [0, 0.1) is 0 Å². The van der Waals surface area contributed by atoms with E-state index in [0.717, 1.165) is 13.0 Å². The van der Waals surface area contributed by atoms with Gasteiger partial charge in [-0.25, -0.2) is 0 Å². The summed E-state index contributed by atoms with van der Waals surface area (Å²) < 4.78 is 0. The second-order valence-electron chi connectivity index (χ2n) is 2.73. The van der Waals surface area contributed by atoms with Crippen LogP contribution >= 0.6 is 12.4 Å². The maximum Gasteiger partial charge on any atom is 0.0395 e. The molecule has 2 nitrogen and oxygen atoms in total. The van der Waals surface area contributed by atoms with Gasteiger partial charge in [-0.05, 0) is 24.1 Å². The first-order valence-corrected chi connectivity index (χ1v) is 3.87. The van der Waals surface area contributed by atoms with Crippen LogP contribution in [0.1, 0.15) is 17.9 Å². The molecule has 1 aliphatic rings. The normalized spacial score (nSPS) is 20.5. The molecule has 0 radical (unpaired) electrons. The third kappa shape index (κ3) is 1.83. The number of rotatable bonds is 1. The van der Waals surface area contributed by atoms with Crippen molar-refractivity contribution in [2.24, 2.45) is 4.99 Å². The molecule has 12 heavy (non-hydrogen) atoms. The molecule has 0 aromatic carbocycles. The van der Waals surface area contributed by atoms with Gasteiger partial charge in [-0.1, -0.05) is 0 Å². The summed E-state index contributed by atoms with van der Waals surface area (Å²) in [4.78, 5) is 8.17. The summed E-state index contributed by atoms with van der Waals surface area (Å²) >= 11 is 0. The van der Waals surface area contributed by atoms with Gasteiger partial charge in [0.25, 0.3) is 0 Å². The first-order chi connectivity index (χ1) is 5.47. The smallest absolute Gasteiger partial charge is 0.0395 e. The second-order valence-corrected chi connectivity index (χ2v) is 2.73. The highest BCUT2D eigenvalue weighted by atomic mass is 35.5. The highest BCUT2D eigenvalue weighted by Gasteiger charge is 2.11. The SMILES string of the molecule is C1=NCCC1c1ccncc1.Cl. The molecule has 1 aromatic rings. The van der Waals surface area contributed by atoms with Gasteiger partial charge in [-0.3, -0.25) is 9.98 Å². The van der Waals surface area contributed by atoms with Gasteiger partial charge in [-0.2, -0.15) is 0 Å². The van der Waals surface area contributed by atoms with Gasteiger partial charge >= 0.3 is 0 Å². The zero-order chi connectivity index (χ0) is 7.52. The van der Waals surface area contributed by atoms with E-state index in [0.29, 0.717) is 5.92 Å². The fourth-order valence-electron chi connectivity index (χ4n) is 1.35. The molecule has 1 aliphatic heterocycles. The first kappa shape index (κ1) is 9.20. The maximum absolute atomic E-state index is 4.20. The van der Waals surface area contributed by atoms with E-state index in [2.05, 4.69) is 22.1 Å². The van der Waals surface area contributed by atoms with Crippen molar-refractivity contribution in [3.8, 4) is 0 Å². The summed E-state index contributed by atoms with van der Waals surface area (Å²) in [6.07, 6.45) is 6.86. The molecule has 1 aromatic heterocycles. The van der Waals surface area contributed by atoms with Gasteiger partial charge in [-0.15, -0.1) is 12.4 Å². The molecule has 2 rings (SSSR count). The van der Waals surface area contributed by atoms with E-state index in [1.807, 2.05) is 18.6 Å². The second kappa shape index (κ2) is 4.21. The van der Waals surface area contributed by atoms with E-state index < -0.39 is 0 Å². The lowest BCUT2D eigenvalue weighted by Gasteiger charge is -2.03. The van der Waals surface area contributed by atoms with Gasteiger partial charge in [0.2, 0.25) is 0 Å². The topological polar surface area (TPSA) is 25.2 Å². The van der Waals surface area contributed by atoms with Crippen LogP contribution in [0.5, 0.6) is 0 Å². The Morgan fingerprint density at radius 3 is 2.58 bits per heavy atom. The average Bonchev–Trinajstić information content (AvgIpc) is 2.58. The van der Waals surface area contributed by atoms with Crippen molar-refractivity contribution < 1.29 is 0 Å². The molecule has 0 N–H and O–H groups in total. The third-order valence-electron chi connectivity index (χ3n) is 1.99. The maximum atomic E-state index is 4.20. The molecule has 1 unspecified atom stereocenters. The molecule has 64 valence electrons. The van der Waals surface area contributed by atoms with Crippen LogP contribution in [0.25, 0.3) is 0 Å². The molecular weight excluding hydrogens is 172 g/mol. The molecule has 1 atom stereocenters. The monoisotopic (exact) mass is 182 g/mol. The van der Waals surface area contributed by atoms with Crippen LogP contribution in [0.3, 0.4) is 0 Å². The van der Waals surface area contributed by atoms with Crippen LogP contribution in [-0.4, -0.2) is 17.7 Å². The molecule has 0 bridgehead atoms. The van der Waals surface area contributed by atoms with Gasteiger partial charge in [0.15, 0.2) is 0 Å². The van der Waals surface area contributed by atoms with E-state index in [1.54, 1.807) is 0 Å². The Labute approximate surface area is 78.2 Å². The minimum Gasteiger partial charge on any atom is -0.297 e.